The van der Waals surface area contributed by atoms with Crippen LogP contribution in [0.4, 0.5) is 5.69 Å². The van der Waals surface area contributed by atoms with E-state index >= 15 is 0 Å². The predicted molar refractivity (Wildman–Crippen MR) is 104 cm³/mol. The largest absolute Gasteiger partial charge is 0.492 e. The molecule has 2 aromatic rings. The summed E-state index contributed by atoms with van der Waals surface area (Å²) in [6, 6.07) is 4.24. The van der Waals surface area contributed by atoms with Crippen LogP contribution in [0.15, 0.2) is 40.6 Å². The van der Waals surface area contributed by atoms with Crippen LogP contribution in [0, 0.1) is 0 Å². The van der Waals surface area contributed by atoms with E-state index < -0.39 is 20.0 Å². The van der Waals surface area contributed by atoms with Crippen LogP contribution in [-0.2, 0) is 27.1 Å². The quantitative estimate of drug-likeness (QED) is 0.720. The average Bonchev–Trinajstić information content (AvgIpc) is 3.11. The Balaban J connectivity index is 1.97. The maximum absolute atomic E-state index is 13.1. The number of hydrogen-bond acceptors (Lipinski definition) is 6. The fourth-order valence-electron chi connectivity index (χ4n) is 3.03. The molecular formula is C17H24N4O5S2. The van der Waals surface area contributed by atoms with Crippen molar-refractivity contribution in [3.05, 3.63) is 30.7 Å². The molecular weight excluding hydrogens is 404 g/mol. The third-order valence-electron chi connectivity index (χ3n) is 4.39. The maximum atomic E-state index is 13.1. The summed E-state index contributed by atoms with van der Waals surface area (Å²) in [4.78, 5) is 3.79. The lowest BCUT2D eigenvalue weighted by Crippen LogP contribution is -2.35. The standard InChI is InChI=1S/C17H24N4O5S2/c1-3-26-15-8-7-14(19-27(22,23)17-12-20(2)13-18-17)11-16(15)28(24,25)21-9-5-4-6-10-21/h7-8,11-13,19H,3-6,9-10H2,1-2H3. The van der Waals surface area contributed by atoms with Crippen molar-refractivity contribution in [2.75, 3.05) is 24.4 Å². The highest BCUT2D eigenvalue weighted by molar-refractivity contribution is 7.92. The lowest BCUT2D eigenvalue weighted by atomic mass is 10.2. The Morgan fingerprint density at radius 3 is 2.46 bits per heavy atom. The Kier molecular flexibility index (Phi) is 5.96. The monoisotopic (exact) mass is 428 g/mol. The number of nitrogens with zero attached hydrogens (tertiary/aromatic N) is 3. The Bertz CT molecular complexity index is 1040. The number of aromatic nitrogens is 2. The van der Waals surface area contributed by atoms with E-state index in [9.17, 15) is 16.8 Å². The molecule has 1 aromatic heterocycles. The number of benzene rings is 1. The summed E-state index contributed by atoms with van der Waals surface area (Å²) in [5.41, 5.74) is 0.129. The van der Waals surface area contributed by atoms with Crippen molar-refractivity contribution in [1.82, 2.24) is 13.9 Å². The molecule has 1 aliphatic rings. The molecule has 9 nitrogen and oxygen atoms in total. The van der Waals surface area contributed by atoms with Crippen molar-refractivity contribution in [1.29, 1.82) is 0 Å². The van der Waals surface area contributed by atoms with Gasteiger partial charge in [0, 0.05) is 26.3 Å². The lowest BCUT2D eigenvalue weighted by Gasteiger charge is -2.27. The SMILES string of the molecule is CCOc1ccc(NS(=O)(=O)c2cn(C)cn2)cc1S(=O)(=O)N1CCCCC1. The number of aryl methyl sites for hydroxylation is 1. The number of rotatable bonds is 7. The third kappa shape index (κ3) is 4.31. The van der Waals surface area contributed by atoms with Crippen LogP contribution in [-0.4, -0.2) is 50.4 Å². The molecule has 154 valence electrons. The van der Waals surface area contributed by atoms with Crippen LogP contribution in [0.25, 0.3) is 0 Å². The number of anilines is 1. The van der Waals surface area contributed by atoms with Gasteiger partial charge >= 0.3 is 0 Å². The first-order valence-electron chi connectivity index (χ1n) is 9.02. The topological polar surface area (TPSA) is 111 Å². The zero-order chi connectivity index (χ0) is 20.4. The van der Waals surface area contributed by atoms with Gasteiger partial charge < -0.3 is 9.30 Å². The molecule has 2 heterocycles. The van der Waals surface area contributed by atoms with Crippen LogP contribution in [0.2, 0.25) is 0 Å². The molecule has 0 amide bonds. The molecule has 1 saturated heterocycles. The van der Waals surface area contributed by atoms with E-state index in [0.29, 0.717) is 19.7 Å². The van der Waals surface area contributed by atoms with Gasteiger partial charge in [0.2, 0.25) is 10.0 Å². The van der Waals surface area contributed by atoms with E-state index in [2.05, 4.69) is 9.71 Å². The Hall–Kier alpha value is -2.11. The normalized spacial score (nSPS) is 16.1. The summed E-state index contributed by atoms with van der Waals surface area (Å²) in [6.45, 7) is 2.94. The van der Waals surface area contributed by atoms with Gasteiger partial charge in [-0.25, -0.2) is 13.4 Å². The summed E-state index contributed by atoms with van der Waals surface area (Å²) in [5, 5.41) is -0.149. The highest BCUT2D eigenvalue weighted by Crippen LogP contribution is 2.32. The zero-order valence-electron chi connectivity index (χ0n) is 15.8. The summed E-state index contributed by atoms with van der Waals surface area (Å²) < 4.78 is 62.1. The molecule has 1 fully saturated rings. The second-order valence-corrected chi connectivity index (χ2v) is 10.1. The Labute approximate surface area is 165 Å². The van der Waals surface area contributed by atoms with Gasteiger partial charge in [0.05, 0.1) is 18.6 Å². The number of nitrogens with one attached hydrogen (secondary N) is 1. The third-order valence-corrected chi connectivity index (χ3v) is 7.57. The predicted octanol–water partition coefficient (Wildman–Crippen LogP) is 1.79. The van der Waals surface area contributed by atoms with Crippen LogP contribution in [0.1, 0.15) is 26.2 Å². The molecule has 0 radical (unpaired) electrons. The molecule has 0 spiro atoms. The minimum atomic E-state index is -3.94. The van der Waals surface area contributed by atoms with Crippen molar-refractivity contribution < 1.29 is 21.6 Å². The molecule has 0 atom stereocenters. The number of hydrogen-bond donors (Lipinski definition) is 1. The van der Waals surface area contributed by atoms with Gasteiger partial charge in [-0.3, -0.25) is 4.72 Å². The van der Waals surface area contributed by atoms with Gasteiger partial charge in [0.25, 0.3) is 10.0 Å². The van der Waals surface area contributed by atoms with E-state index in [0.717, 1.165) is 19.3 Å². The minimum absolute atomic E-state index is 0.0440. The summed E-state index contributed by atoms with van der Waals surface area (Å²) in [7, 11) is -6.08. The zero-order valence-corrected chi connectivity index (χ0v) is 17.5. The van der Waals surface area contributed by atoms with Crippen molar-refractivity contribution in [2.24, 2.45) is 7.05 Å². The van der Waals surface area contributed by atoms with Gasteiger partial charge in [0.15, 0.2) is 5.03 Å². The van der Waals surface area contributed by atoms with Crippen molar-refractivity contribution in [3.8, 4) is 5.75 Å². The maximum Gasteiger partial charge on any atom is 0.280 e. The number of imidazole rings is 1. The van der Waals surface area contributed by atoms with Crippen LogP contribution < -0.4 is 9.46 Å². The molecule has 3 rings (SSSR count). The number of piperidine rings is 1. The summed E-state index contributed by atoms with van der Waals surface area (Å²) >= 11 is 0. The molecule has 0 aliphatic carbocycles. The van der Waals surface area contributed by atoms with Crippen LogP contribution >= 0.6 is 0 Å². The average molecular weight is 429 g/mol. The van der Waals surface area contributed by atoms with E-state index in [1.807, 2.05) is 0 Å². The van der Waals surface area contributed by atoms with E-state index in [-0.39, 0.29) is 21.4 Å². The summed E-state index contributed by atoms with van der Waals surface area (Å²) in [5.74, 6) is 0.203. The molecule has 1 aliphatic heterocycles. The van der Waals surface area contributed by atoms with Crippen LogP contribution in [0.5, 0.6) is 5.75 Å². The molecule has 1 N–H and O–H groups in total. The molecule has 28 heavy (non-hydrogen) atoms. The molecule has 11 heteroatoms. The summed E-state index contributed by atoms with van der Waals surface area (Å²) in [6.07, 6.45) is 5.33. The molecule has 0 unspecified atom stereocenters. The lowest BCUT2D eigenvalue weighted by molar-refractivity contribution is 0.323. The minimum Gasteiger partial charge on any atom is -0.492 e. The molecule has 0 bridgehead atoms. The fourth-order valence-corrected chi connectivity index (χ4v) is 5.73. The second kappa shape index (κ2) is 8.10. The number of ether oxygens (including phenoxy) is 1. The molecule has 0 saturated carbocycles. The van der Waals surface area contributed by atoms with Gasteiger partial charge in [0.1, 0.15) is 10.6 Å². The molecule has 1 aromatic carbocycles. The Morgan fingerprint density at radius 2 is 1.86 bits per heavy atom. The van der Waals surface area contributed by atoms with E-state index in [4.69, 9.17) is 4.74 Å². The first kappa shape index (κ1) is 20.6. The van der Waals surface area contributed by atoms with E-state index in [1.165, 1.54) is 39.6 Å². The van der Waals surface area contributed by atoms with E-state index in [1.54, 1.807) is 14.0 Å². The fraction of sp³-hybridized carbons (Fsp3) is 0.471. The first-order valence-corrected chi connectivity index (χ1v) is 11.9. The van der Waals surface area contributed by atoms with Gasteiger partial charge in [-0.05, 0) is 38.0 Å². The van der Waals surface area contributed by atoms with Crippen molar-refractivity contribution in [2.45, 2.75) is 36.1 Å². The van der Waals surface area contributed by atoms with Crippen molar-refractivity contribution in [3.63, 3.8) is 0 Å². The first-order chi connectivity index (χ1) is 13.2. The smallest absolute Gasteiger partial charge is 0.280 e. The number of sulfonamides is 2. The highest BCUT2D eigenvalue weighted by atomic mass is 32.2. The second-order valence-electron chi connectivity index (χ2n) is 6.54. The van der Waals surface area contributed by atoms with Crippen molar-refractivity contribution >= 4 is 25.7 Å². The van der Waals surface area contributed by atoms with Gasteiger partial charge in [-0.1, -0.05) is 6.42 Å². The van der Waals surface area contributed by atoms with Gasteiger partial charge in [-0.15, -0.1) is 0 Å². The Morgan fingerprint density at radius 1 is 1.14 bits per heavy atom. The van der Waals surface area contributed by atoms with Gasteiger partial charge in [-0.2, -0.15) is 12.7 Å². The van der Waals surface area contributed by atoms with Crippen LogP contribution in [0.3, 0.4) is 0 Å². The highest BCUT2D eigenvalue weighted by Gasteiger charge is 2.30.